The fourth-order valence-electron chi connectivity index (χ4n) is 1.73. The van der Waals surface area contributed by atoms with Crippen LogP contribution in [0.1, 0.15) is 5.56 Å². The lowest BCUT2D eigenvalue weighted by atomic mass is 10.2. The Balaban J connectivity index is 2.28. The first kappa shape index (κ1) is 14.2. The van der Waals surface area contributed by atoms with E-state index >= 15 is 0 Å². The van der Waals surface area contributed by atoms with Crippen LogP contribution in [0.3, 0.4) is 0 Å². The zero-order chi connectivity index (χ0) is 14.7. The maximum Gasteiger partial charge on any atom is 0.293 e. The van der Waals surface area contributed by atoms with Crippen molar-refractivity contribution in [1.29, 1.82) is 0 Å². The molecule has 1 aromatic rings. The van der Waals surface area contributed by atoms with Crippen molar-refractivity contribution in [2.24, 2.45) is 0 Å². The number of thioether (sulfide) groups is 1. The van der Waals surface area contributed by atoms with E-state index in [1.807, 2.05) is 0 Å². The van der Waals surface area contributed by atoms with Crippen molar-refractivity contribution in [2.75, 3.05) is 13.7 Å². The Hall–Kier alpha value is -2.21. The number of nitrogens with zero attached hydrogens (tertiary/aromatic N) is 1. The maximum absolute atomic E-state index is 12.0. The minimum absolute atomic E-state index is 0.0217. The Kier molecular flexibility index (Phi) is 4.14. The fourth-order valence-corrected chi connectivity index (χ4v) is 2.58. The second-order valence-corrected chi connectivity index (χ2v) is 5.01. The first-order valence-corrected chi connectivity index (χ1v) is 6.61. The zero-order valence-corrected chi connectivity index (χ0v) is 11.6. The van der Waals surface area contributed by atoms with Crippen molar-refractivity contribution in [2.45, 2.75) is 0 Å². The van der Waals surface area contributed by atoms with Crippen molar-refractivity contribution in [3.05, 3.63) is 41.3 Å². The van der Waals surface area contributed by atoms with Gasteiger partial charge in [0.25, 0.3) is 11.1 Å². The summed E-state index contributed by atoms with van der Waals surface area (Å²) in [6.45, 7) is 3.70. The second kappa shape index (κ2) is 5.83. The minimum Gasteiger partial charge on any atom is -0.504 e. The normalized spacial score (nSPS) is 16.9. The van der Waals surface area contributed by atoms with E-state index in [1.54, 1.807) is 18.2 Å². The minimum atomic E-state index is -0.352. The number of phenols is 1. The molecule has 0 saturated carbocycles. The van der Waals surface area contributed by atoms with Crippen LogP contribution < -0.4 is 4.74 Å². The second-order valence-electron chi connectivity index (χ2n) is 4.01. The van der Waals surface area contributed by atoms with E-state index < -0.39 is 0 Å². The highest BCUT2D eigenvalue weighted by atomic mass is 32.2. The summed E-state index contributed by atoms with van der Waals surface area (Å²) < 4.78 is 4.94. The van der Waals surface area contributed by atoms with Gasteiger partial charge in [-0.2, -0.15) is 0 Å². The van der Waals surface area contributed by atoms with Crippen LogP contribution in [0.2, 0.25) is 0 Å². The van der Waals surface area contributed by atoms with Crippen LogP contribution in [-0.2, 0) is 4.79 Å². The molecule has 1 saturated heterocycles. The van der Waals surface area contributed by atoms with E-state index in [4.69, 9.17) is 4.74 Å². The quantitative estimate of drug-likeness (QED) is 0.682. The largest absolute Gasteiger partial charge is 0.504 e. The first-order chi connectivity index (χ1) is 9.56. The third kappa shape index (κ3) is 2.70. The van der Waals surface area contributed by atoms with E-state index in [-0.39, 0.29) is 23.4 Å². The highest BCUT2D eigenvalue weighted by Gasteiger charge is 2.33. The molecule has 0 unspecified atom stereocenters. The third-order valence-corrected chi connectivity index (χ3v) is 3.59. The van der Waals surface area contributed by atoms with Gasteiger partial charge in [-0.1, -0.05) is 12.1 Å². The van der Waals surface area contributed by atoms with Crippen molar-refractivity contribution < 1.29 is 19.4 Å². The number of hydrogen-bond donors (Lipinski definition) is 1. The Morgan fingerprint density at radius 2 is 2.20 bits per heavy atom. The predicted molar refractivity (Wildman–Crippen MR) is 77.5 cm³/mol. The molecule has 0 radical (unpaired) electrons. The monoisotopic (exact) mass is 291 g/mol. The molecular weight excluding hydrogens is 278 g/mol. The van der Waals surface area contributed by atoms with Gasteiger partial charge in [-0.25, -0.2) is 0 Å². The van der Waals surface area contributed by atoms with Gasteiger partial charge in [0.15, 0.2) is 11.5 Å². The molecule has 0 bridgehead atoms. The summed E-state index contributed by atoms with van der Waals surface area (Å²) in [5.41, 5.74) is 0.618. The van der Waals surface area contributed by atoms with Crippen LogP contribution in [0.25, 0.3) is 6.08 Å². The first-order valence-electron chi connectivity index (χ1n) is 5.80. The summed E-state index contributed by atoms with van der Waals surface area (Å²) in [5.74, 6) is -0.0244. The summed E-state index contributed by atoms with van der Waals surface area (Å²) in [6, 6.07) is 4.76. The maximum atomic E-state index is 12.0. The van der Waals surface area contributed by atoms with E-state index in [1.165, 1.54) is 19.3 Å². The van der Waals surface area contributed by atoms with Crippen LogP contribution >= 0.6 is 11.8 Å². The Bertz CT molecular complexity index is 609. The number of carbonyl (C=O) groups excluding carboxylic acids is 2. The molecule has 5 nitrogen and oxygen atoms in total. The third-order valence-electron chi connectivity index (χ3n) is 2.69. The summed E-state index contributed by atoms with van der Waals surface area (Å²) in [7, 11) is 1.45. The molecule has 20 heavy (non-hydrogen) atoms. The van der Waals surface area contributed by atoms with Crippen molar-refractivity contribution in [1.82, 2.24) is 4.90 Å². The Morgan fingerprint density at radius 3 is 2.80 bits per heavy atom. The molecule has 0 atom stereocenters. The van der Waals surface area contributed by atoms with Crippen molar-refractivity contribution in [3.8, 4) is 11.5 Å². The number of rotatable bonds is 4. The fraction of sp³-hybridized carbons (Fsp3) is 0.143. The van der Waals surface area contributed by atoms with Crippen LogP contribution in [0.5, 0.6) is 11.5 Å². The highest BCUT2D eigenvalue weighted by Crippen LogP contribution is 2.33. The standard InChI is InChI=1S/C14H13NO4S/c1-3-6-15-13(17)12(20-14(15)18)8-9-4-5-11(19-2)10(16)7-9/h3-5,7-8,16H,1,6H2,2H3/b12-8+. The molecule has 1 heterocycles. The van der Waals surface area contributed by atoms with Crippen LogP contribution in [-0.4, -0.2) is 34.8 Å². The predicted octanol–water partition coefficient (Wildman–Crippen LogP) is 2.62. The van der Waals surface area contributed by atoms with Gasteiger partial charge in [0.2, 0.25) is 0 Å². The van der Waals surface area contributed by atoms with E-state index in [2.05, 4.69) is 6.58 Å². The molecule has 2 rings (SSSR count). The molecular formula is C14H13NO4S. The number of benzene rings is 1. The summed E-state index contributed by atoms with van der Waals surface area (Å²) in [4.78, 5) is 25.1. The highest BCUT2D eigenvalue weighted by molar-refractivity contribution is 8.18. The molecule has 0 spiro atoms. The van der Waals surface area contributed by atoms with Crippen LogP contribution in [0.15, 0.2) is 35.8 Å². The Morgan fingerprint density at radius 1 is 1.45 bits per heavy atom. The topological polar surface area (TPSA) is 66.8 Å². The van der Waals surface area contributed by atoms with Crippen LogP contribution in [0, 0.1) is 0 Å². The Labute approximate surface area is 120 Å². The number of amides is 2. The molecule has 0 aliphatic carbocycles. The lowest BCUT2D eigenvalue weighted by Crippen LogP contribution is -2.27. The van der Waals surface area contributed by atoms with Crippen molar-refractivity contribution >= 4 is 29.0 Å². The summed E-state index contributed by atoms with van der Waals surface area (Å²) >= 11 is 0.870. The van der Waals surface area contributed by atoms with Gasteiger partial charge in [-0.3, -0.25) is 14.5 Å². The van der Waals surface area contributed by atoms with Gasteiger partial charge in [0.05, 0.1) is 12.0 Å². The van der Waals surface area contributed by atoms with E-state index in [0.29, 0.717) is 16.2 Å². The number of hydrogen-bond acceptors (Lipinski definition) is 5. The smallest absolute Gasteiger partial charge is 0.293 e. The number of aromatic hydroxyl groups is 1. The lowest BCUT2D eigenvalue weighted by Gasteiger charge is -2.07. The number of imide groups is 1. The SMILES string of the molecule is C=CCN1C(=O)S/C(=C/c2ccc(OC)c(O)c2)C1=O. The molecule has 0 aromatic heterocycles. The number of carbonyl (C=O) groups is 2. The lowest BCUT2D eigenvalue weighted by molar-refractivity contribution is -0.122. The molecule has 1 N–H and O–H groups in total. The van der Waals surface area contributed by atoms with Gasteiger partial charge in [-0.15, -0.1) is 6.58 Å². The number of ether oxygens (including phenoxy) is 1. The van der Waals surface area contributed by atoms with Gasteiger partial charge in [0, 0.05) is 6.54 Å². The summed E-state index contributed by atoms with van der Waals surface area (Å²) in [6.07, 6.45) is 3.06. The van der Waals surface area contributed by atoms with Gasteiger partial charge >= 0.3 is 0 Å². The van der Waals surface area contributed by atoms with Crippen LogP contribution in [0.4, 0.5) is 4.79 Å². The average Bonchev–Trinajstić information content (AvgIpc) is 2.67. The molecule has 6 heteroatoms. The zero-order valence-electron chi connectivity index (χ0n) is 10.8. The average molecular weight is 291 g/mol. The van der Waals surface area contributed by atoms with E-state index in [9.17, 15) is 14.7 Å². The molecule has 1 aromatic carbocycles. The van der Waals surface area contributed by atoms with Gasteiger partial charge in [0.1, 0.15) is 0 Å². The van der Waals surface area contributed by atoms with Gasteiger partial charge in [-0.05, 0) is 35.5 Å². The van der Waals surface area contributed by atoms with Crippen molar-refractivity contribution in [3.63, 3.8) is 0 Å². The summed E-state index contributed by atoms with van der Waals surface area (Å²) in [5, 5.41) is 9.36. The molecule has 104 valence electrons. The number of methoxy groups -OCH3 is 1. The van der Waals surface area contributed by atoms with Gasteiger partial charge < -0.3 is 9.84 Å². The molecule has 1 aliphatic rings. The molecule has 1 fully saturated rings. The van der Waals surface area contributed by atoms with E-state index in [0.717, 1.165) is 16.7 Å². The number of phenolic OH excluding ortho intramolecular Hbond substituents is 1. The molecule has 1 aliphatic heterocycles. The molecule has 2 amide bonds.